The van der Waals surface area contributed by atoms with Crippen molar-refractivity contribution < 1.29 is 4.79 Å². The van der Waals surface area contributed by atoms with Crippen LogP contribution in [0.15, 0.2) is 0 Å². The number of aromatic nitrogens is 1. The monoisotopic (exact) mass is 293 g/mol. The molecule has 1 atom stereocenters. The lowest BCUT2D eigenvalue weighted by molar-refractivity contribution is 0.112. The first-order valence-electron chi connectivity index (χ1n) is 7.44. The standard InChI is InChI=1S/C15H23N3OS/c1-15(2,3)13-12(10-19)20-14(16-13)18-8-7-17-6-4-5-11(17)9-18/h10-11H,4-9H2,1-3H3. The van der Waals surface area contributed by atoms with Crippen LogP contribution in [-0.4, -0.2) is 48.4 Å². The van der Waals surface area contributed by atoms with Gasteiger partial charge in [0.2, 0.25) is 0 Å². The fraction of sp³-hybridized carbons (Fsp3) is 0.733. The normalized spacial score (nSPS) is 23.9. The van der Waals surface area contributed by atoms with Crippen LogP contribution in [0.1, 0.15) is 49.0 Å². The van der Waals surface area contributed by atoms with E-state index in [1.165, 1.54) is 19.4 Å². The first-order chi connectivity index (χ1) is 9.49. The Kier molecular flexibility index (Phi) is 3.58. The zero-order chi connectivity index (χ0) is 14.3. The molecule has 2 saturated heterocycles. The molecule has 0 bridgehead atoms. The molecule has 0 radical (unpaired) electrons. The summed E-state index contributed by atoms with van der Waals surface area (Å²) in [5.74, 6) is 0. The van der Waals surface area contributed by atoms with Gasteiger partial charge in [-0.3, -0.25) is 9.69 Å². The minimum atomic E-state index is -0.0693. The van der Waals surface area contributed by atoms with Crippen molar-refractivity contribution >= 4 is 22.8 Å². The summed E-state index contributed by atoms with van der Waals surface area (Å²) in [6.45, 7) is 10.8. The van der Waals surface area contributed by atoms with Gasteiger partial charge in [0.1, 0.15) is 0 Å². The third-order valence-corrected chi connectivity index (χ3v) is 5.36. The van der Waals surface area contributed by atoms with E-state index in [-0.39, 0.29) is 5.41 Å². The summed E-state index contributed by atoms with van der Waals surface area (Å²) in [7, 11) is 0. The lowest BCUT2D eigenvalue weighted by Crippen LogP contribution is -2.50. The molecule has 5 heteroatoms. The molecule has 2 fully saturated rings. The number of anilines is 1. The van der Waals surface area contributed by atoms with Gasteiger partial charge in [0.15, 0.2) is 11.4 Å². The molecule has 1 aromatic heterocycles. The average Bonchev–Trinajstić information content (AvgIpc) is 3.03. The lowest BCUT2D eigenvalue weighted by Gasteiger charge is -2.37. The van der Waals surface area contributed by atoms with E-state index in [4.69, 9.17) is 4.98 Å². The van der Waals surface area contributed by atoms with Gasteiger partial charge in [0, 0.05) is 31.1 Å². The Labute approximate surface area is 124 Å². The van der Waals surface area contributed by atoms with Crippen molar-refractivity contribution in [2.45, 2.75) is 45.1 Å². The van der Waals surface area contributed by atoms with Gasteiger partial charge >= 0.3 is 0 Å². The van der Waals surface area contributed by atoms with Crippen LogP contribution >= 0.6 is 11.3 Å². The molecule has 0 N–H and O–H groups in total. The topological polar surface area (TPSA) is 36.4 Å². The van der Waals surface area contributed by atoms with Gasteiger partial charge in [-0.05, 0) is 19.4 Å². The van der Waals surface area contributed by atoms with E-state index >= 15 is 0 Å². The van der Waals surface area contributed by atoms with Gasteiger partial charge in [0.05, 0.1) is 10.6 Å². The predicted molar refractivity (Wildman–Crippen MR) is 83.0 cm³/mol. The van der Waals surface area contributed by atoms with Crippen LogP contribution in [0.3, 0.4) is 0 Å². The molecule has 0 aromatic carbocycles. The molecule has 4 nitrogen and oxygen atoms in total. The number of hydrogen-bond acceptors (Lipinski definition) is 5. The van der Waals surface area contributed by atoms with E-state index < -0.39 is 0 Å². The zero-order valence-electron chi connectivity index (χ0n) is 12.6. The third-order valence-electron chi connectivity index (χ3n) is 4.32. The molecule has 2 aliphatic heterocycles. The fourth-order valence-electron chi connectivity index (χ4n) is 3.24. The van der Waals surface area contributed by atoms with Crippen molar-refractivity contribution in [2.75, 3.05) is 31.1 Å². The number of carbonyl (C=O) groups excluding carboxylic acids is 1. The number of hydrogen-bond donors (Lipinski definition) is 0. The van der Waals surface area contributed by atoms with E-state index in [0.29, 0.717) is 6.04 Å². The number of piperazine rings is 1. The Morgan fingerprint density at radius 3 is 2.75 bits per heavy atom. The first-order valence-corrected chi connectivity index (χ1v) is 8.26. The van der Waals surface area contributed by atoms with Crippen LogP contribution in [0, 0.1) is 0 Å². The highest BCUT2D eigenvalue weighted by Gasteiger charge is 2.33. The maximum Gasteiger partial charge on any atom is 0.186 e. The number of rotatable bonds is 2. The van der Waals surface area contributed by atoms with E-state index in [2.05, 4.69) is 30.6 Å². The molecule has 0 amide bonds. The number of aldehydes is 1. The highest BCUT2D eigenvalue weighted by atomic mass is 32.1. The summed E-state index contributed by atoms with van der Waals surface area (Å²) in [4.78, 5) is 21.8. The van der Waals surface area contributed by atoms with Gasteiger partial charge in [-0.25, -0.2) is 4.98 Å². The van der Waals surface area contributed by atoms with Gasteiger partial charge in [-0.15, -0.1) is 0 Å². The van der Waals surface area contributed by atoms with Gasteiger partial charge in [-0.2, -0.15) is 0 Å². The largest absolute Gasteiger partial charge is 0.345 e. The average molecular weight is 293 g/mol. The maximum atomic E-state index is 11.3. The van der Waals surface area contributed by atoms with Crippen LogP contribution in [0.2, 0.25) is 0 Å². The third kappa shape index (κ3) is 2.49. The second-order valence-electron chi connectivity index (χ2n) is 6.86. The number of carbonyl (C=O) groups is 1. The summed E-state index contributed by atoms with van der Waals surface area (Å²) in [5, 5.41) is 1.03. The fourth-order valence-corrected chi connectivity index (χ4v) is 4.36. The van der Waals surface area contributed by atoms with Crippen molar-refractivity contribution in [3.8, 4) is 0 Å². The van der Waals surface area contributed by atoms with Crippen molar-refractivity contribution in [3.63, 3.8) is 0 Å². The summed E-state index contributed by atoms with van der Waals surface area (Å²) in [6.07, 6.45) is 3.59. The van der Waals surface area contributed by atoms with Crippen LogP contribution in [-0.2, 0) is 5.41 Å². The molecule has 0 saturated carbocycles. The van der Waals surface area contributed by atoms with E-state index in [0.717, 1.165) is 41.6 Å². The quantitative estimate of drug-likeness (QED) is 0.785. The molecule has 0 spiro atoms. The van der Waals surface area contributed by atoms with E-state index in [1.54, 1.807) is 11.3 Å². The SMILES string of the molecule is CC(C)(C)c1nc(N2CCN3CCCC3C2)sc1C=O. The molecule has 110 valence electrons. The number of thiazole rings is 1. The van der Waals surface area contributed by atoms with Crippen molar-refractivity contribution in [1.82, 2.24) is 9.88 Å². The second kappa shape index (κ2) is 5.11. The second-order valence-corrected chi connectivity index (χ2v) is 7.86. The smallest absolute Gasteiger partial charge is 0.186 e. The molecule has 20 heavy (non-hydrogen) atoms. The lowest BCUT2D eigenvalue weighted by atomic mass is 9.91. The van der Waals surface area contributed by atoms with Gasteiger partial charge < -0.3 is 4.90 Å². The van der Waals surface area contributed by atoms with Gasteiger partial charge in [0.25, 0.3) is 0 Å². The Hall–Kier alpha value is -0.940. The number of fused-ring (bicyclic) bond motifs is 1. The van der Waals surface area contributed by atoms with E-state index in [9.17, 15) is 4.79 Å². The molecule has 3 rings (SSSR count). The molecule has 1 aromatic rings. The molecule has 3 heterocycles. The minimum absolute atomic E-state index is 0.0693. The highest BCUT2D eigenvalue weighted by molar-refractivity contribution is 7.17. The summed E-state index contributed by atoms with van der Waals surface area (Å²) in [5.41, 5.74) is 0.876. The Morgan fingerprint density at radius 1 is 1.30 bits per heavy atom. The number of nitrogens with zero attached hydrogens (tertiary/aromatic N) is 3. The van der Waals surface area contributed by atoms with Crippen molar-refractivity contribution in [2.24, 2.45) is 0 Å². The molecular formula is C15H23N3OS. The van der Waals surface area contributed by atoms with E-state index in [1.807, 2.05) is 0 Å². The van der Waals surface area contributed by atoms with Crippen molar-refractivity contribution in [1.29, 1.82) is 0 Å². The molecule has 1 unspecified atom stereocenters. The first kappa shape index (κ1) is 14.0. The summed E-state index contributed by atoms with van der Waals surface area (Å²) >= 11 is 1.56. The summed E-state index contributed by atoms with van der Waals surface area (Å²) < 4.78 is 0. The van der Waals surface area contributed by atoms with Crippen LogP contribution in [0.5, 0.6) is 0 Å². The Bertz CT molecular complexity index is 506. The van der Waals surface area contributed by atoms with Crippen molar-refractivity contribution in [3.05, 3.63) is 10.6 Å². The predicted octanol–water partition coefficient (Wildman–Crippen LogP) is 2.54. The molecular weight excluding hydrogens is 270 g/mol. The minimum Gasteiger partial charge on any atom is -0.345 e. The molecule has 2 aliphatic rings. The maximum absolute atomic E-state index is 11.3. The van der Waals surface area contributed by atoms with Crippen LogP contribution in [0.4, 0.5) is 5.13 Å². The Balaban J connectivity index is 1.84. The van der Waals surface area contributed by atoms with Crippen LogP contribution in [0.25, 0.3) is 0 Å². The summed E-state index contributed by atoms with van der Waals surface area (Å²) in [6, 6.07) is 0.686. The zero-order valence-corrected chi connectivity index (χ0v) is 13.4. The molecule has 0 aliphatic carbocycles. The highest BCUT2D eigenvalue weighted by Crippen LogP contribution is 2.34. The van der Waals surface area contributed by atoms with Crippen LogP contribution < -0.4 is 4.90 Å². The Morgan fingerprint density at radius 2 is 2.10 bits per heavy atom. The van der Waals surface area contributed by atoms with Gasteiger partial charge in [-0.1, -0.05) is 32.1 Å².